The molecule has 27 heavy (non-hydrogen) atoms. The highest BCUT2D eigenvalue weighted by Gasteiger charge is 2.27. The SMILES string of the molecule is Cc1cc([C@H](C)NC(=O)[C@@H](NC(=O)c2ccc(Cl)cc2Cl)C(C)C)c(C)s1. The number of nitrogens with one attached hydrogen (secondary N) is 2. The third-order valence-corrected chi connectivity index (χ3v) is 5.85. The molecule has 0 aliphatic heterocycles. The summed E-state index contributed by atoms with van der Waals surface area (Å²) in [5.41, 5.74) is 1.39. The second-order valence-corrected chi connectivity index (χ2v) is 9.22. The van der Waals surface area contributed by atoms with E-state index in [9.17, 15) is 9.59 Å². The number of benzene rings is 1. The van der Waals surface area contributed by atoms with E-state index >= 15 is 0 Å². The van der Waals surface area contributed by atoms with Gasteiger partial charge in [-0.2, -0.15) is 0 Å². The van der Waals surface area contributed by atoms with E-state index in [0.29, 0.717) is 5.02 Å². The lowest BCUT2D eigenvalue weighted by atomic mass is 10.0. The van der Waals surface area contributed by atoms with Crippen LogP contribution in [0.2, 0.25) is 10.0 Å². The fourth-order valence-electron chi connectivity index (χ4n) is 2.89. The topological polar surface area (TPSA) is 58.2 Å². The molecule has 2 aromatic rings. The fraction of sp³-hybridized carbons (Fsp3) is 0.400. The molecule has 0 saturated heterocycles. The Morgan fingerprint density at radius 3 is 2.22 bits per heavy atom. The van der Waals surface area contributed by atoms with Gasteiger partial charge in [-0.1, -0.05) is 37.0 Å². The number of halogens is 2. The maximum atomic E-state index is 12.8. The van der Waals surface area contributed by atoms with E-state index in [4.69, 9.17) is 23.2 Å². The zero-order chi connectivity index (χ0) is 20.3. The van der Waals surface area contributed by atoms with Crippen molar-refractivity contribution >= 4 is 46.4 Å². The molecule has 2 rings (SSSR count). The molecule has 0 bridgehead atoms. The minimum absolute atomic E-state index is 0.0856. The molecular formula is C20H24Cl2N2O2S. The van der Waals surface area contributed by atoms with Crippen LogP contribution in [0.25, 0.3) is 0 Å². The highest BCUT2D eigenvalue weighted by atomic mass is 35.5. The van der Waals surface area contributed by atoms with Crippen LogP contribution in [0.5, 0.6) is 0 Å². The van der Waals surface area contributed by atoms with Crippen molar-refractivity contribution in [3.05, 3.63) is 55.2 Å². The first-order chi connectivity index (χ1) is 12.6. The van der Waals surface area contributed by atoms with E-state index < -0.39 is 11.9 Å². The number of carbonyl (C=O) groups is 2. The molecule has 0 saturated carbocycles. The molecule has 0 unspecified atom stereocenters. The van der Waals surface area contributed by atoms with Crippen LogP contribution in [-0.2, 0) is 4.79 Å². The Morgan fingerprint density at radius 2 is 1.70 bits per heavy atom. The van der Waals surface area contributed by atoms with Crippen LogP contribution in [0.3, 0.4) is 0 Å². The van der Waals surface area contributed by atoms with Crippen LogP contribution < -0.4 is 10.6 Å². The van der Waals surface area contributed by atoms with Gasteiger partial charge in [-0.25, -0.2) is 0 Å². The lowest BCUT2D eigenvalue weighted by Crippen LogP contribution is -2.50. The van der Waals surface area contributed by atoms with Gasteiger partial charge in [0, 0.05) is 14.8 Å². The summed E-state index contributed by atoms with van der Waals surface area (Å²) in [5, 5.41) is 6.50. The first kappa shape index (κ1) is 21.7. The van der Waals surface area contributed by atoms with Gasteiger partial charge < -0.3 is 10.6 Å². The number of hydrogen-bond donors (Lipinski definition) is 2. The monoisotopic (exact) mass is 426 g/mol. The van der Waals surface area contributed by atoms with Crippen molar-refractivity contribution in [2.45, 2.75) is 46.7 Å². The Morgan fingerprint density at radius 1 is 1.04 bits per heavy atom. The van der Waals surface area contributed by atoms with Crippen molar-refractivity contribution in [3.8, 4) is 0 Å². The van der Waals surface area contributed by atoms with Gasteiger partial charge >= 0.3 is 0 Å². The molecule has 146 valence electrons. The standard InChI is InChI=1S/C20H24Cl2N2O2S/c1-10(2)18(24-19(25)15-7-6-14(21)9-17(15)22)20(26)23-12(4)16-8-11(3)27-13(16)5/h6-10,12,18H,1-5H3,(H,23,26)(H,24,25)/t12-,18-/m0/s1. The van der Waals surface area contributed by atoms with Crippen molar-refractivity contribution in [3.63, 3.8) is 0 Å². The minimum Gasteiger partial charge on any atom is -0.348 e. The van der Waals surface area contributed by atoms with Gasteiger partial charge in [0.2, 0.25) is 5.91 Å². The quantitative estimate of drug-likeness (QED) is 0.657. The molecular weight excluding hydrogens is 403 g/mol. The highest BCUT2D eigenvalue weighted by Crippen LogP contribution is 2.26. The summed E-state index contributed by atoms with van der Waals surface area (Å²) in [6.07, 6.45) is 0. The first-order valence-corrected chi connectivity index (χ1v) is 10.3. The van der Waals surface area contributed by atoms with Gasteiger partial charge in [-0.15, -0.1) is 11.3 Å². The highest BCUT2D eigenvalue weighted by molar-refractivity contribution is 7.12. The van der Waals surface area contributed by atoms with Gasteiger partial charge in [-0.05, 0) is 56.5 Å². The molecule has 0 aliphatic carbocycles. The third kappa shape index (κ3) is 5.47. The average molecular weight is 427 g/mol. The summed E-state index contributed by atoms with van der Waals surface area (Å²) >= 11 is 13.7. The predicted molar refractivity (Wildman–Crippen MR) is 113 cm³/mol. The summed E-state index contributed by atoms with van der Waals surface area (Å²) in [6, 6.07) is 5.92. The molecule has 1 aromatic carbocycles. The van der Waals surface area contributed by atoms with Crippen molar-refractivity contribution < 1.29 is 9.59 Å². The van der Waals surface area contributed by atoms with E-state index in [0.717, 1.165) is 5.56 Å². The van der Waals surface area contributed by atoms with Crippen LogP contribution >= 0.6 is 34.5 Å². The second kappa shape index (κ2) is 9.09. The van der Waals surface area contributed by atoms with Gasteiger partial charge in [0.25, 0.3) is 5.91 Å². The molecule has 0 spiro atoms. The van der Waals surface area contributed by atoms with E-state index in [-0.39, 0.29) is 28.5 Å². The maximum absolute atomic E-state index is 12.8. The normalized spacial score (nSPS) is 13.3. The van der Waals surface area contributed by atoms with Gasteiger partial charge in [0.05, 0.1) is 16.6 Å². The Labute approximate surface area is 174 Å². The average Bonchev–Trinajstić information content (AvgIpc) is 2.90. The molecule has 2 N–H and O–H groups in total. The predicted octanol–water partition coefficient (Wildman–Crippen LogP) is 5.30. The van der Waals surface area contributed by atoms with Crippen LogP contribution in [-0.4, -0.2) is 17.9 Å². The molecule has 0 aliphatic rings. The Balaban J connectivity index is 2.12. The molecule has 2 atom stereocenters. The van der Waals surface area contributed by atoms with Crippen molar-refractivity contribution in [2.75, 3.05) is 0 Å². The molecule has 0 fully saturated rings. The number of amides is 2. The molecule has 1 heterocycles. The Hall–Kier alpha value is -1.56. The summed E-state index contributed by atoms with van der Waals surface area (Å²) < 4.78 is 0. The Kier molecular flexibility index (Phi) is 7.32. The van der Waals surface area contributed by atoms with Crippen LogP contribution in [0.1, 0.15) is 52.5 Å². The molecule has 2 amide bonds. The van der Waals surface area contributed by atoms with Crippen LogP contribution in [0, 0.1) is 19.8 Å². The number of carbonyl (C=O) groups excluding carboxylic acids is 2. The maximum Gasteiger partial charge on any atom is 0.253 e. The van der Waals surface area contributed by atoms with Gasteiger partial charge in [-0.3, -0.25) is 9.59 Å². The fourth-order valence-corrected chi connectivity index (χ4v) is 4.41. The summed E-state index contributed by atoms with van der Waals surface area (Å²) in [5.74, 6) is -0.711. The van der Waals surface area contributed by atoms with E-state index in [2.05, 4.69) is 16.7 Å². The molecule has 1 aromatic heterocycles. The van der Waals surface area contributed by atoms with Gasteiger partial charge in [0.1, 0.15) is 6.04 Å². The summed E-state index contributed by atoms with van der Waals surface area (Å²) in [6.45, 7) is 9.81. The van der Waals surface area contributed by atoms with Crippen LogP contribution in [0.15, 0.2) is 24.3 Å². The lowest BCUT2D eigenvalue weighted by molar-refractivity contribution is -0.124. The summed E-state index contributed by atoms with van der Waals surface area (Å²) in [4.78, 5) is 27.8. The molecule has 7 heteroatoms. The molecule has 4 nitrogen and oxygen atoms in total. The number of hydrogen-bond acceptors (Lipinski definition) is 3. The minimum atomic E-state index is -0.674. The Bertz CT molecular complexity index is 849. The zero-order valence-electron chi connectivity index (χ0n) is 16.0. The van der Waals surface area contributed by atoms with Crippen molar-refractivity contribution in [2.24, 2.45) is 5.92 Å². The number of rotatable bonds is 6. The smallest absolute Gasteiger partial charge is 0.253 e. The third-order valence-electron chi connectivity index (χ3n) is 4.32. The van der Waals surface area contributed by atoms with E-state index in [1.165, 1.54) is 15.8 Å². The number of aryl methyl sites for hydroxylation is 2. The van der Waals surface area contributed by atoms with E-state index in [1.54, 1.807) is 23.5 Å². The van der Waals surface area contributed by atoms with Gasteiger partial charge in [0.15, 0.2) is 0 Å². The first-order valence-electron chi connectivity index (χ1n) is 8.73. The number of thiophene rings is 1. The zero-order valence-corrected chi connectivity index (χ0v) is 18.4. The van der Waals surface area contributed by atoms with E-state index in [1.807, 2.05) is 34.6 Å². The lowest BCUT2D eigenvalue weighted by Gasteiger charge is -2.24. The van der Waals surface area contributed by atoms with Crippen molar-refractivity contribution in [1.29, 1.82) is 0 Å². The second-order valence-electron chi connectivity index (χ2n) is 6.92. The summed E-state index contributed by atoms with van der Waals surface area (Å²) in [7, 11) is 0. The largest absolute Gasteiger partial charge is 0.348 e. The molecule has 0 radical (unpaired) electrons. The van der Waals surface area contributed by atoms with Crippen LogP contribution in [0.4, 0.5) is 0 Å². The van der Waals surface area contributed by atoms with Crippen molar-refractivity contribution in [1.82, 2.24) is 10.6 Å².